The van der Waals surface area contributed by atoms with Crippen molar-refractivity contribution in [2.24, 2.45) is 0 Å². The summed E-state index contributed by atoms with van der Waals surface area (Å²) in [5.41, 5.74) is 0. The molecule has 0 bridgehead atoms. The average Bonchev–Trinajstić information content (AvgIpc) is 1.65. The van der Waals surface area contributed by atoms with Crippen LogP contribution < -0.4 is 0 Å². The molecule has 38 valence electrons. The third-order valence-electron chi connectivity index (χ3n) is 0.789. The standard InChI is InChI=1S/C5H10O.K.H/c1-3-5(6)4-2;;/h3-4H2,1-2H3;;. The summed E-state index contributed by atoms with van der Waals surface area (Å²) < 4.78 is 0. The zero-order chi connectivity index (χ0) is 4.99. The summed E-state index contributed by atoms with van der Waals surface area (Å²) in [6, 6.07) is 0. The van der Waals surface area contributed by atoms with E-state index >= 15 is 0 Å². The van der Waals surface area contributed by atoms with Gasteiger partial charge in [0.2, 0.25) is 0 Å². The van der Waals surface area contributed by atoms with Crippen LogP contribution in [0, 0.1) is 0 Å². The van der Waals surface area contributed by atoms with Crippen LogP contribution >= 0.6 is 0 Å². The van der Waals surface area contributed by atoms with Crippen molar-refractivity contribution in [3.63, 3.8) is 0 Å². The summed E-state index contributed by atoms with van der Waals surface area (Å²) in [4.78, 5) is 10.2. The van der Waals surface area contributed by atoms with Crippen LogP contribution in [0.5, 0.6) is 0 Å². The summed E-state index contributed by atoms with van der Waals surface area (Å²) in [6.07, 6.45) is 1.38. The molecule has 0 atom stereocenters. The van der Waals surface area contributed by atoms with Gasteiger partial charge in [-0.05, 0) is 0 Å². The fraction of sp³-hybridized carbons (Fsp3) is 0.800. The number of hydrogen-bond donors (Lipinski definition) is 0. The van der Waals surface area contributed by atoms with E-state index < -0.39 is 0 Å². The van der Waals surface area contributed by atoms with Crippen molar-refractivity contribution < 1.29 is 4.79 Å². The van der Waals surface area contributed by atoms with Crippen molar-refractivity contribution in [1.29, 1.82) is 0 Å². The molecular weight excluding hydrogens is 115 g/mol. The Morgan fingerprint density at radius 1 is 1.29 bits per heavy atom. The zero-order valence-electron chi connectivity index (χ0n) is 4.32. The van der Waals surface area contributed by atoms with E-state index in [9.17, 15) is 4.79 Å². The third kappa shape index (κ3) is 7.31. The molecule has 0 aromatic rings. The van der Waals surface area contributed by atoms with E-state index in [4.69, 9.17) is 0 Å². The van der Waals surface area contributed by atoms with Crippen molar-refractivity contribution in [2.75, 3.05) is 0 Å². The van der Waals surface area contributed by atoms with Crippen molar-refractivity contribution in [3.8, 4) is 0 Å². The van der Waals surface area contributed by atoms with Gasteiger partial charge in [-0.2, -0.15) is 0 Å². The minimum atomic E-state index is 0. The van der Waals surface area contributed by atoms with Crippen LogP contribution in [0.3, 0.4) is 0 Å². The first-order valence-electron chi connectivity index (χ1n) is 2.33. The van der Waals surface area contributed by atoms with E-state index in [0.29, 0.717) is 18.6 Å². The Morgan fingerprint density at radius 3 is 1.57 bits per heavy atom. The number of Topliss-reactive ketones (excluding diaryl/α,β-unsaturated/α-hetero) is 1. The van der Waals surface area contributed by atoms with Gasteiger partial charge >= 0.3 is 51.4 Å². The van der Waals surface area contributed by atoms with Crippen LogP contribution in [0.25, 0.3) is 0 Å². The van der Waals surface area contributed by atoms with Gasteiger partial charge in [0.25, 0.3) is 0 Å². The van der Waals surface area contributed by atoms with Gasteiger partial charge in [-0.1, -0.05) is 13.8 Å². The second kappa shape index (κ2) is 7.31. The molecular formula is C5H11KO. The Morgan fingerprint density at radius 2 is 1.57 bits per heavy atom. The van der Waals surface area contributed by atoms with Gasteiger partial charge in [0.05, 0.1) is 0 Å². The minimum absolute atomic E-state index is 0. The molecule has 0 aliphatic heterocycles. The Hall–Kier alpha value is 1.31. The van der Waals surface area contributed by atoms with Gasteiger partial charge in [-0.15, -0.1) is 0 Å². The fourth-order valence-electron chi connectivity index (χ4n) is 0.250. The zero-order valence-corrected chi connectivity index (χ0v) is 4.32. The quantitative estimate of drug-likeness (QED) is 0.498. The van der Waals surface area contributed by atoms with Crippen LogP contribution in [0.15, 0.2) is 0 Å². The molecule has 0 aliphatic carbocycles. The predicted molar refractivity (Wildman–Crippen MR) is 32.7 cm³/mol. The van der Waals surface area contributed by atoms with Crippen molar-refractivity contribution in [3.05, 3.63) is 0 Å². The topological polar surface area (TPSA) is 17.1 Å². The number of ketones is 1. The first-order valence-corrected chi connectivity index (χ1v) is 2.33. The fourth-order valence-corrected chi connectivity index (χ4v) is 0.250. The Balaban J connectivity index is 0. The molecule has 0 fully saturated rings. The molecule has 1 nitrogen and oxygen atoms in total. The second-order valence-electron chi connectivity index (χ2n) is 1.25. The average molecular weight is 126 g/mol. The molecule has 0 heterocycles. The SMILES string of the molecule is CCC(=O)CC.[KH]. The Kier molecular flexibility index (Phi) is 11.6. The van der Waals surface area contributed by atoms with Gasteiger partial charge in [0.1, 0.15) is 5.78 Å². The van der Waals surface area contributed by atoms with Gasteiger partial charge in [-0.3, -0.25) is 4.79 Å². The number of hydrogen-bond acceptors (Lipinski definition) is 1. The number of carbonyl (C=O) groups excluding carboxylic acids is 1. The third-order valence-corrected chi connectivity index (χ3v) is 0.789. The molecule has 0 aromatic heterocycles. The molecule has 0 amide bonds. The summed E-state index contributed by atoms with van der Waals surface area (Å²) in [6.45, 7) is 3.76. The van der Waals surface area contributed by atoms with Crippen molar-refractivity contribution >= 4 is 57.2 Å². The van der Waals surface area contributed by atoms with Crippen LogP contribution in [-0.4, -0.2) is 57.2 Å². The number of rotatable bonds is 2. The summed E-state index contributed by atoms with van der Waals surface area (Å²) in [5, 5.41) is 0. The predicted octanol–water partition coefficient (Wildman–Crippen LogP) is 0.727. The van der Waals surface area contributed by atoms with Crippen LogP contribution in [0.2, 0.25) is 0 Å². The molecule has 0 aliphatic rings. The summed E-state index contributed by atoms with van der Waals surface area (Å²) in [5.74, 6) is 0.343. The van der Waals surface area contributed by atoms with Gasteiger partial charge in [0.15, 0.2) is 0 Å². The molecule has 0 aromatic carbocycles. The Bertz CT molecular complexity index is 46.0. The molecule has 0 rings (SSSR count). The monoisotopic (exact) mass is 126 g/mol. The maximum atomic E-state index is 10.2. The number of carbonyl (C=O) groups is 1. The van der Waals surface area contributed by atoms with E-state index in [1.807, 2.05) is 13.8 Å². The van der Waals surface area contributed by atoms with Crippen molar-refractivity contribution in [1.82, 2.24) is 0 Å². The molecule has 7 heavy (non-hydrogen) atoms. The molecule has 0 radical (unpaired) electrons. The second-order valence-corrected chi connectivity index (χ2v) is 1.25. The van der Waals surface area contributed by atoms with E-state index in [1.165, 1.54) is 0 Å². The molecule has 0 N–H and O–H groups in total. The molecule has 0 saturated carbocycles. The van der Waals surface area contributed by atoms with E-state index in [-0.39, 0.29) is 51.4 Å². The van der Waals surface area contributed by atoms with Crippen LogP contribution in [-0.2, 0) is 4.79 Å². The van der Waals surface area contributed by atoms with Crippen LogP contribution in [0.1, 0.15) is 26.7 Å². The summed E-state index contributed by atoms with van der Waals surface area (Å²) in [7, 11) is 0. The summed E-state index contributed by atoms with van der Waals surface area (Å²) >= 11 is 0. The van der Waals surface area contributed by atoms with Gasteiger partial charge in [0, 0.05) is 12.8 Å². The van der Waals surface area contributed by atoms with Gasteiger partial charge < -0.3 is 0 Å². The van der Waals surface area contributed by atoms with E-state index in [1.54, 1.807) is 0 Å². The molecule has 0 unspecified atom stereocenters. The molecule has 0 spiro atoms. The first kappa shape index (κ1) is 11.1. The normalized spacial score (nSPS) is 7.14. The van der Waals surface area contributed by atoms with Crippen molar-refractivity contribution in [2.45, 2.75) is 26.7 Å². The molecule has 0 saturated heterocycles. The van der Waals surface area contributed by atoms with Crippen LogP contribution in [0.4, 0.5) is 0 Å². The first-order chi connectivity index (χ1) is 2.81. The maximum absolute atomic E-state index is 10.2. The molecule has 2 heteroatoms. The van der Waals surface area contributed by atoms with E-state index in [0.717, 1.165) is 0 Å². The Labute approximate surface area is 87.3 Å². The van der Waals surface area contributed by atoms with E-state index in [2.05, 4.69) is 0 Å². The van der Waals surface area contributed by atoms with Gasteiger partial charge in [-0.25, -0.2) is 0 Å².